The zero-order valence-electron chi connectivity index (χ0n) is 21.6. The summed E-state index contributed by atoms with van der Waals surface area (Å²) in [7, 11) is -0.0308. The van der Waals surface area contributed by atoms with Crippen LogP contribution in [0.1, 0.15) is 32.1 Å². The molecule has 0 fully saturated rings. The maximum absolute atomic E-state index is 12.2. The third kappa shape index (κ3) is 6.98. The molecule has 4 aromatic rings. The Morgan fingerprint density at radius 1 is 0.703 bits per heavy atom. The lowest BCUT2D eigenvalue weighted by Gasteiger charge is -2.14. The molecule has 0 saturated heterocycles. The molecule has 0 N–H and O–H groups in total. The Morgan fingerprint density at radius 2 is 1.24 bits per heavy atom. The molecule has 4 rings (SSSR count). The molecule has 3 aromatic carbocycles. The molecule has 0 bridgehead atoms. The van der Waals surface area contributed by atoms with Crippen molar-refractivity contribution in [2.45, 2.75) is 32.1 Å². The van der Waals surface area contributed by atoms with Crippen LogP contribution in [0.5, 0.6) is 6.01 Å². The molecule has 0 unspecified atom stereocenters. The van der Waals surface area contributed by atoms with Crippen LogP contribution < -0.4 is 4.74 Å². The first-order valence-corrected chi connectivity index (χ1v) is 14.5. The van der Waals surface area contributed by atoms with Crippen molar-refractivity contribution in [3.05, 3.63) is 91.0 Å². The highest BCUT2D eigenvalue weighted by atomic mass is 31.2. The molecule has 0 saturated carbocycles. The topological polar surface area (TPSA) is 62.6 Å². The second kappa shape index (κ2) is 13.4. The Hall–Kier alpha value is -3.18. The highest BCUT2D eigenvalue weighted by molar-refractivity contribution is 7.53. The summed E-state index contributed by atoms with van der Waals surface area (Å²) in [5, 5.41) is 0. The molecular formula is C30H35N2O4P. The predicted octanol–water partition coefficient (Wildman–Crippen LogP) is 8.02. The zero-order chi connectivity index (χ0) is 25.9. The van der Waals surface area contributed by atoms with Crippen LogP contribution in [-0.4, -0.2) is 36.5 Å². The van der Waals surface area contributed by atoms with Gasteiger partial charge in [0, 0.05) is 25.3 Å². The second-order valence-electron chi connectivity index (χ2n) is 8.81. The van der Waals surface area contributed by atoms with Gasteiger partial charge in [0.2, 0.25) is 0 Å². The number of aromatic nitrogens is 2. The maximum Gasteiger partial charge on any atom is 0.330 e. The fraction of sp³-hybridized carbons (Fsp3) is 0.300. The third-order valence-electron chi connectivity index (χ3n) is 6.32. The average Bonchev–Trinajstić information content (AvgIpc) is 3.35. The van der Waals surface area contributed by atoms with E-state index in [0.717, 1.165) is 60.3 Å². The summed E-state index contributed by atoms with van der Waals surface area (Å²) in [5.74, 6) is 0. The first kappa shape index (κ1) is 26.9. The number of hydrogen-bond acceptors (Lipinski definition) is 5. The van der Waals surface area contributed by atoms with E-state index in [1.807, 2.05) is 54.6 Å². The molecule has 0 spiro atoms. The molecule has 0 amide bonds. The molecule has 1 aromatic heterocycles. The number of imidazole rings is 1. The first-order chi connectivity index (χ1) is 18.1. The van der Waals surface area contributed by atoms with Gasteiger partial charge in [-0.15, -0.1) is 0 Å². The smallest absolute Gasteiger partial charge is 0.330 e. The van der Waals surface area contributed by atoms with Gasteiger partial charge in [0.05, 0.1) is 24.2 Å². The van der Waals surface area contributed by atoms with E-state index in [4.69, 9.17) is 18.8 Å². The van der Waals surface area contributed by atoms with E-state index in [0.29, 0.717) is 18.8 Å². The molecule has 37 heavy (non-hydrogen) atoms. The Kier molecular flexibility index (Phi) is 9.72. The molecule has 1 heterocycles. The molecule has 194 valence electrons. The number of hydrogen-bond donors (Lipinski definition) is 0. The minimum Gasteiger partial charge on any atom is -0.464 e. The van der Waals surface area contributed by atoms with Gasteiger partial charge in [-0.2, -0.15) is 4.98 Å². The molecule has 0 atom stereocenters. The second-order valence-corrected chi connectivity index (χ2v) is 11.2. The van der Waals surface area contributed by atoms with E-state index in [-0.39, 0.29) is 0 Å². The quantitative estimate of drug-likeness (QED) is 0.125. The molecule has 6 nitrogen and oxygen atoms in total. The van der Waals surface area contributed by atoms with Crippen LogP contribution >= 0.6 is 7.60 Å². The van der Waals surface area contributed by atoms with Crippen molar-refractivity contribution < 1.29 is 18.3 Å². The van der Waals surface area contributed by atoms with Crippen molar-refractivity contribution in [2.24, 2.45) is 0 Å². The van der Waals surface area contributed by atoms with Gasteiger partial charge < -0.3 is 13.8 Å². The summed E-state index contributed by atoms with van der Waals surface area (Å²) in [5.41, 5.74) is 5.04. The fourth-order valence-electron chi connectivity index (χ4n) is 4.33. The van der Waals surface area contributed by atoms with Crippen molar-refractivity contribution in [1.82, 2.24) is 9.55 Å². The van der Waals surface area contributed by atoms with Crippen LogP contribution in [0.4, 0.5) is 0 Å². The van der Waals surface area contributed by atoms with E-state index in [1.54, 1.807) is 0 Å². The van der Waals surface area contributed by atoms with Gasteiger partial charge in [0.15, 0.2) is 0 Å². The predicted molar refractivity (Wildman–Crippen MR) is 150 cm³/mol. The van der Waals surface area contributed by atoms with Crippen LogP contribution in [0.3, 0.4) is 0 Å². The number of benzene rings is 3. The summed E-state index contributed by atoms with van der Waals surface area (Å²) in [4.78, 5) is 5.01. The van der Waals surface area contributed by atoms with Crippen LogP contribution in [0, 0.1) is 0 Å². The number of nitrogens with zero attached hydrogens (tertiary/aromatic N) is 2. The summed E-state index contributed by atoms with van der Waals surface area (Å²) in [6.45, 7) is 0.570. The van der Waals surface area contributed by atoms with Crippen molar-refractivity contribution >= 4 is 7.60 Å². The fourth-order valence-corrected chi connectivity index (χ4v) is 5.46. The standard InChI is InChI=1S/C30H35N2O4P/c1-34-37(33,35-2)24-16-5-3-4-15-23-36-30-31-28(25-17-9-6-10-18-25)29(26-19-11-7-12-20-26)32(30)27-21-13-8-14-22-27/h6-14,17-22H,3-5,15-16,23-24H2,1-2H3. The number of para-hydroxylation sites is 1. The van der Waals surface area contributed by atoms with E-state index in [2.05, 4.69) is 41.0 Å². The first-order valence-electron chi connectivity index (χ1n) is 12.8. The van der Waals surface area contributed by atoms with Crippen LogP contribution in [-0.2, 0) is 13.6 Å². The third-order valence-corrected chi connectivity index (χ3v) is 8.30. The molecule has 0 radical (unpaired) electrons. The normalized spacial score (nSPS) is 11.5. The lowest BCUT2D eigenvalue weighted by Crippen LogP contribution is -2.05. The zero-order valence-corrected chi connectivity index (χ0v) is 22.5. The van der Waals surface area contributed by atoms with Crippen molar-refractivity contribution in [3.63, 3.8) is 0 Å². The van der Waals surface area contributed by atoms with Gasteiger partial charge in [-0.1, -0.05) is 98.1 Å². The molecular weight excluding hydrogens is 483 g/mol. The van der Waals surface area contributed by atoms with Crippen molar-refractivity contribution in [1.29, 1.82) is 0 Å². The van der Waals surface area contributed by atoms with Crippen molar-refractivity contribution in [2.75, 3.05) is 27.0 Å². The van der Waals surface area contributed by atoms with Gasteiger partial charge >= 0.3 is 13.6 Å². The number of ether oxygens (including phenoxy) is 1. The summed E-state index contributed by atoms with van der Waals surface area (Å²) < 4.78 is 30.6. The van der Waals surface area contributed by atoms with E-state index in [9.17, 15) is 4.57 Å². The lowest BCUT2D eigenvalue weighted by atomic mass is 10.0. The summed E-state index contributed by atoms with van der Waals surface area (Å²) in [6, 6.07) is 31.4. The lowest BCUT2D eigenvalue weighted by molar-refractivity contribution is 0.272. The van der Waals surface area contributed by atoms with E-state index in [1.165, 1.54) is 14.2 Å². The molecule has 0 aliphatic heterocycles. The largest absolute Gasteiger partial charge is 0.464 e. The van der Waals surface area contributed by atoms with Gasteiger partial charge in [0.1, 0.15) is 5.69 Å². The van der Waals surface area contributed by atoms with Gasteiger partial charge in [-0.3, -0.25) is 9.13 Å². The maximum atomic E-state index is 12.2. The van der Waals surface area contributed by atoms with E-state index >= 15 is 0 Å². The molecule has 7 heteroatoms. The van der Waals surface area contributed by atoms with E-state index < -0.39 is 7.60 Å². The average molecular weight is 519 g/mol. The van der Waals surface area contributed by atoms with Crippen LogP contribution in [0.25, 0.3) is 28.2 Å². The summed E-state index contributed by atoms with van der Waals surface area (Å²) in [6.07, 6.45) is 5.22. The highest BCUT2D eigenvalue weighted by Crippen LogP contribution is 2.47. The Bertz CT molecular complexity index is 1270. The van der Waals surface area contributed by atoms with Crippen LogP contribution in [0.2, 0.25) is 0 Å². The van der Waals surface area contributed by atoms with Crippen LogP contribution in [0.15, 0.2) is 91.0 Å². The Balaban J connectivity index is 1.51. The highest BCUT2D eigenvalue weighted by Gasteiger charge is 2.22. The van der Waals surface area contributed by atoms with Gasteiger partial charge in [0.25, 0.3) is 0 Å². The van der Waals surface area contributed by atoms with Gasteiger partial charge in [-0.05, 0) is 25.0 Å². The SMILES string of the molecule is COP(=O)(CCCCCCCOc1nc(-c2ccccc2)c(-c2ccccc2)n1-c1ccccc1)OC. The molecule has 0 aliphatic carbocycles. The molecule has 0 aliphatic rings. The number of unbranched alkanes of at least 4 members (excludes halogenated alkanes) is 4. The number of rotatable bonds is 14. The van der Waals surface area contributed by atoms with Crippen molar-refractivity contribution in [3.8, 4) is 34.2 Å². The monoisotopic (exact) mass is 518 g/mol. The summed E-state index contributed by atoms with van der Waals surface area (Å²) >= 11 is 0. The minimum absolute atomic E-state index is 0.454. The van der Waals surface area contributed by atoms with Gasteiger partial charge in [-0.25, -0.2) is 0 Å². The minimum atomic E-state index is -2.91. The Labute approximate surface area is 219 Å². The Morgan fingerprint density at radius 3 is 1.86 bits per heavy atom.